The van der Waals surface area contributed by atoms with Crippen molar-refractivity contribution in [2.75, 3.05) is 31.0 Å². The number of amides is 1. The van der Waals surface area contributed by atoms with E-state index in [0.717, 1.165) is 44.0 Å². The van der Waals surface area contributed by atoms with Crippen molar-refractivity contribution in [3.05, 3.63) is 94.5 Å². The molecular formula is C27H31N3O4S. The van der Waals surface area contributed by atoms with E-state index in [1.165, 1.54) is 17.7 Å². The third kappa shape index (κ3) is 6.69. The molecule has 1 aliphatic heterocycles. The van der Waals surface area contributed by atoms with E-state index in [1.54, 1.807) is 25.1 Å². The Balaban J connectivity index is 1.43. The fourth-order valence-corrected chi connectivity index (χ4v) is 5.07. The average molecular weight is 494 g/mol. The molecule has 8 heteroatoms. The van der Waals surface area contributed by atoms with Gasteiger partial charge in [-0.25, -0.2) is 8.42 Å². The third-order valence-corrected chi connectivity index (χ3v) is 7.40. The number of hydrogen-bond donors (Lipinski definition) is 2. The predicted molar refractivity (Wildman–Crippen MR) is 137 cm³/mol. The van der Waals surface area contributed by atoms with Gasteiger partial charge in [-0.1, -0.05) is 48.0 Å². The van der Waals surface area contributed by atoms with Gasteiger partial charge in [0.05, 0.1) is 18.1 Å². The van der Waals surface area contributed by atoms with Gasteiger partial charge >= 0.3 is 0 Å². The third-order valence-electron chi connectivity index (χ3n) is 6.02. The molecule has 4 rings (SSSR count). The molecule has 0 saturated carbocycles. The number of ether oxygens (including phenoxy) is 1. The molecule has 1 fully saturated rings. The van der Waals surface area contributed by atoms with Crippen molar-refractivity contribution in [2.45, 2.75) is 31.8 Å². The summed E-state index contributed by atoms with van der Waals surface area (Å²) in [4.78, 5) is 15.4. The number of nitrogens with one attached hydrogen (secondary N) is 2. The molecule has 0 radical (unpaired) electrons. The number of nitrogens with zero attached hydrogens (tertiary/aromatic N) is 1. The lowest BCUT2D eigenvalue weighted by molar-refractivity contribution is 0.0342. The average Bonchev–Trinajstić information content (AvgIpc) is 2.85. The first-order valence-electron chi connectivity index (χ1n) is 11.7. The number of benzene rings is 3. The van der Waals surface area contributed by atoms with E-state index in [4.69, 9.17) is 4.74 Å². The number of sulfonamides is 1. The number of anilines is 1. The van der Waals surface area contributed by atoms with Crippen LogP contribution in [0, 0.1) is 13.8 Å². The lowest BCUT2D eigenvalue weighted by atomic mass is 10.1. The van der Waals surface area contributed by atoms with E-state index in [9.17, 15) is 13.2 Å². The number of rotatable bonds is 8. The minimum Gasteiger partial charge on any atom is -0.379 e. The van der Waals surface area contributed by atoms with Gasteiger partial charge in [0.2, 0.25) is 0 Å². The highest BCUT2D eigenvalue weighted by atomic mass is 32.2. The molecule has 1 aliphatic rings. The van der Waals surface area contributed by atoms with Gasteiger partial charge in [0.1, 0.15) is 0 Å². The zero-order valence-corrected chi connectivity index (χ0v) is 20.9. The minimum atomic E-state index is -3.83. The molecule has 3 aromatic rings. The molecule has 7 nitrogen and oxygen atoms in total. The van der Waals surface area contributed by atoms with Crippen molar-refractivity contribution in [1.82, 2.24) is 10.2 Å². The first-order chi connectivity index (χ1) is 16.8. The van der Waals surface area contributed by atoms with Crippen molar-refractivity contribution in [2.24, 2.45) is 0 Å². The van der Waals surface area contributed by atoms with Gasteiger partial charge in [0.25, 0.3) is 15.9 Å². The molecule has 0 aliphatic carbocycles. The van der Waals surface area contributed by atoms with Gasteiger partial charge in [-0.2, -0.15) is 0 Å². The lowest BCUT2D eigenvalue weighted by Gasteiger charge is -2.26. The lowest BCUT2D eigenvalue weighted by Crippen LogP contribution is -2.35. The number of aryl methyl sites for hydroxylation is 2. The number of carbonyl (C=O) groups is 1. The Hall–Kier alpha value is -3.20. The van der Waals surface area contributed by atoms with Crippen LogP contribution in [0.3, 0.4) is 0 Å². The van der Waals surface area contributed by atoms with Gasteiger partial charge in [0, 0.05) is 37.4 Å². The predicted octanol–water partition coefficient (Wildman–Crippen LogP) is 3.87. The molecule has 35 heavy (non-hydrogen) atoms. The number of morpholine rings is 1. The highest BCUT2D eigenvalue weighted by Gasteiger charge is 2.18. The highest BCUT2D eigenvalue weighted by molar-refractivity contribution is 7.92. The van der Waals surface area contributed by atoms with Crippen LogP contribution in [0.4, 0.5) is 5.69 Å². The van der Waals surface area contributed by atoms with Crippen LogP contribution >= 0.6 is 0 Å². The van der Waals surface area contributed by atoms with E-state index in [0.29, 0.717) is 23.4 Å². The van der Waals surface area contributed by atoms with Crippen LogP contribution in [-0.4, -0.2) is 45.5 Å². The highest BCUT2D eigenvalue weighted by Crippen LogP contribution is 2.20. The molecule has 1 heterocycles. The van der Waals surface area contributed by atoms with Gasteiger partial charge in [-0.3, -0.25) is 14.4 Å². The second kappa shape index (κ2) is 11.0. The Morgan fingerprint density at radius 3 is 2.40 bits per heavy atom. The zero-order chi connectivity index (χ0) is 24.8. The maximum Gasteiger partial charge on any atom is 0.261 e. The van der Waals surface area contributed by atoms with E-state index < -0.39 is 10.0 Å². The summed E-state index contributed by atoms with van der Waals surface area (Å²) >= 11 is 0. The van der Waals surface area contributed by atoms with Crippen LogP contribution in [0.5, 0.6) is 0 Å². The van der Waals surface area contributed by atoms with Gasteiger partial charge < -0.3 is 10.1 Å². The molecule has 1 saturated heterocycles. The van der Waals surface area contributed by atoms with Crippen molar-refractivity contribution in [1.29, 1.82) is 0 Å². The molecule has 0 aromatic heterocycles. The van der Waals surface area contributed by atoms with E-state index >= 15 is 0 Å². The number of hydrogen-bond acceptors (Lipinski definition) is 5. The standard InChI is InChI=1S/C27H31N3O4S/c1-20-6-9-24(10-7-20)29-35(32,33)25-11-8-21(2)26(17-25)27(31)28-18-22-4-3-5-23(16-22)19-30-12-14-34-15-13-30/h3-11,16-17,29H,12-15,18-19H2,1-2H3,(H,28,31). The first-order valence-corrected chi connectivity index (χ1v) is 13.1. The maximum absolute atomic E-state index is 13.0. The molecule has 3 aromatic carbocycles. The van der Waals surface area contributed by atoms with Crippen LogP contribution in [-0.2, 0) is 27.8 Å². The summed E-state index contributed by atoms with van der Waals surface area (Å²) in [5.74, 6) is -0.312. The van der Waals surface area contributed by atoms with E-state index in [1.807, 2.05) is 31.2 Å². The zero-order valence-electron chi connectivity index (χ0n) is 20.1. The summed E-state index contributed by atoms with van der Waals surface area (Å²) in [6.07, 6.45) is 0. The monoisotopic (exact) mass is 493 g/mol. The molecule has 2 N–H and O–H groups in total. The van der Waals surface area contributed by atoms with Crippen LogP contribution in [0.1, 0.15) is 32.6 Å². The quantitative estimate of drug-likeness (QED) is 0.498. The summed E-state index contributed by atoms with van der Waals surface area (Å²) in [6.45, 7) is 8.27. The van der Waals surface area contributed by atoms with Crippen LogP contribution in [0.2, 0.25) is 0 Å². The Morgan fingerprint density at radius 1 is 0.943 bits per heavy atom. The molecule has 0 bridgehead atoms. The SMILES string of the molecule is Cc1ccc(NS(=O)(=O)c2ccc(C)c(C(=O)NCc3cccc(CN4CCOCC4)c3)c2)cc1. The van der Waals surface area contributed by atoms with Crippen molar-refractivity contribution >= 4 is 21.6 Å². The largest absolute Gasteiger partial charge is 0.379 e. The minimum absolute atomic E-state index is 0.0429. The molecule has 1 amide bonds. The molecule has 0 atom stereocenters. The van der Waals surface area contributed by atoms with E-state index in [2.05, 4.69) is 27.1 Å². The summed E-state index contributed by atoms with van der Waals surface area (Å²) in [6, 6.07) is 19.8. The summed E-state index contributed by atoms with van der Waals surface area (Å²) in [7, 11) is -3.83. The second-order valence-electron chi connectivity index (χ2n) is 8.84. The normalized spacial score (nSPS) is 14.5. The van der Waals surface area contributed by atoms with Crippen molar-refractivity contribution in [3.63, 3.8) is 0 Å². The first kappa shape index (κ1) is 24.9. The molecule has 184 valence electrons. The Bertz CT molecular complexity index is 1280. The Morgan fingerprint density at radius 2 is 1.66 bits per heavy atom. The topological polar surface area (TPSA) is 87.7 Å². The second-order valence-corrected chi connectivity index (χ2v) is 10.5. The van der Waals surface area contributed by atoms with Gasteiger partial charge in [0.15, 0.2) is 0 Å². The smallest absolute Gasteiger partial charge is 0.261 e. The van der Waals surface area contributed by atoms with Crippen molar-refractivity contribution < 1.29 is 17.9 Å². The van der Waals surface area contributed by atoms with Crippen LogP contribution in [0.25, 0.3) is 0 Å². The van der Waals surface area contributed by atoms with Crippen LogP contribution in [0.15, 0.2) is 71.6 Å². The summed E-state index contributed by atoms with van der Waals surface area (Å²) in [5, 5.41) is 2.93. The fraction of sp³-hybridized carbons (Fsp3) is 0.296. The summed E-state index contributed by atoms with van der Waals surface area (Å²) in [5.41, 5.74) is 4.73. The maximum atomic E-state index is 13.0. The van der Waals surface area contributed by atoms with Crippen LogP contribution < -0.4 is 10.0 Å². The Labute approximate surface area is 207 Å². The van der Waals surface area contributed by atoms with Crippen molar-refractivity contribution in [3.8, 4) is 0 Å². The fourth-order valence-electron chi connectivity index (χ4n) is 3.98. The summed E-state index contributed by atoms with van der Waals surface area (Å²) < 4.78 is 33.8. The molecular weight excluding hydrogens is 462 g/mol. The van der Waals surface area contributed by atoms with Gasteiger partial charge in [-0.05, 0) is 54.8 Å². The van der Waals surface area contributed by atoms with E-state index in [-0.39, 0.29) is 10.8 Å². The van der Waals surface area contributed by atoms with Gasteiger partial charge in [-0.15, -0.1) is 0 Å². The number of carbonyl (C=O) groups excluding carboxylic acids is 1. The Kier molecular flexibility index (Phi) is 7.85. The molecule has 0 unspecified atom stereocenters. The molecule has 0 spiro atoms.